The first-order chi connectivity index (χ1) is 15.8. The molecule has 2 heterocycles. The van der Waals surface area contributed by atoms with Gasteiger partial charge in [-0.05, 0) is 48.2 Å². The van der Waals surface area contributed by atoms with Crippen molar-refractivity contribution in [1.82, 2.24) is 9.62 Å². The third kappa shape index (κ3) is 5.00. The molecule has 8 nitrogen and oxygen atoms in total. The number of aryl methyl sites for hydroxylation is 1. The van der Waals surface area contributed by atoms with Gasteiger partial charge in [-0.25, -0.2) is 8.42 Å². The van der Waals surface area contributed by atoms with Gasteiger partial charge in [0.25, 0.3) is 5.91 Å². The van der Waals surface area contributed by atoms with Crippen LogP contribution in [0.2, 0.25) is 0 Å². The smallest absolute Gasteiger partial charge is 0.252 e. The summed E-state index contributed by atoms with van der Waals surface area (Å²) in [4.78, 5) is 13.4. The summed E-state index contributed by atoms with van der Waals surface area (Å²) < 4.78 is 44.1. The largest absolute Gasteiger partial charge is 0.486 e. The predicted molar refractivity (Wildman–Crippen MR) is 123 cm³/mol. The van der Waals surface area contributed by atoms with Crippen LogP contribution in [-0.2, 0) is 14.8 Å². The summed E-state index contributed by atoms with van der Waals surface area (Å²) in [5.41, 5.74) is 1.95. The van der Waals surface area contributed by atoms with Crippen LogP contribution in [0.15, 0.2) is 41.3 Å². The third-order valence-electron chi connectivity index (χ3n) is 5.94. The minimum absolute atomic E-state index is 0.0945. The molecule has 0 aliphatic carbocycles. The summed E-state index contributed by atoms with van der Waals surface area (Å²) in [5.74, 6) is 1.13. The summed E-state index contributed by atoms with van der Waals surface area (Å²) in [5, 5.41) is 3.09. The number of nitrogens with one attached hydrogen (secondary N) is 1. The van der Waals surface area contributed by atoms with Gasteiger partial charge in [0.05, 0.1) is 24.2 Å². The minimum atomic E-state index is -3.70. The van der Waals surface area contributed by atoms with Gasteiger partial charge in [0, 0.05) is 18.7 Å². The van der Waals surface area contributed by atoms with Crippen LogP contribution in [0.3, 0.4) is 0 Å². The molecule has 33 heavy (non-hydrogen) atoms. The van der Waals surface area contributed by atoms with Gasteiger partial charge in [0.1, 0.15) is 13.2 Å². The Labute approximate surface area is 194 Å². The van der Waals surface area contributed by atoms with Gasteiger partial charge in [-0.1, -0.05) is 26.0 Å². The zero-order valence-corrected chi connectivity index (χ0v) is 20.0. The lowest BCUT2D eigenvalue weighted by molar-refractivity contribution is 0.0730. The lowest BCUT2D eigenvalue weighted by Crippen LogP contribution is -2.40. The molecule has 1 atom stereocenters. The normalized spacial score (nSPS) is 17.6. The summed E-state index contributed by atoms with van der Waals surface area (Å²) in [6, 6.07) is 10.1. The van der Waals surface area contributed by atoms with Gasteiger partial charge in [-0.2, -0.15) is 4.31 Å². The molecule has 0 radical (unpaired) electrons. The molecule has 2 aromatic rings. The second kappa shape index (κ2) is 9.70. The number of nitrogens with zero attached hydrogens (tertiary/aromatic N) is 1. The molecule has 1 amide bonds. The Kier molecular flexibility index (Phi) is 6.92. The van der Waals surface area contributed by atoms with Crippen molar-refractivity contribution >= 4 is 15.9 Å². The summed E-state index contributed by atoms with van der Waals surface area (Å²) in [7, 11) is -3.70. The number of morpholine rings is 1. The maximum Gasteiger partial charge on any atom is 0.252 e. The molecule has 2 aliphatic rings. The zero-order valence-electron chi connectivity index (χ0n) is 19.2. The Morgan fingerprint density at radius 1 is 0.970 bits per heavy atom. The molecule has 2 aliphatic heterocycles. The van der Waals surface area contributed by atoms with Gasteiger partial charge in [0.15, 0.2) is 11.5 Å². The van der Waals surface area contributed by atoms with Crippen molar-refractivity contribution in [2.75, 3.05) is 39.5 Å². The maximum absolute atomic E-state index is 13.3. The Morgan fingerprint density at radius 2 is 1.67 bits per heavy atom. The van der Waals surface area contributed by atoms with Crippen LogP contribution in [-0.4, -0.2) is 58.1 Å². The topological polar surface area (TPSA) is 94.2 Å². The van der Waals surface area contributed by atoms with Crippen LogP contribution in [0.5, 0.6) is 11.5 Å². The average Bonchev–Trinajstić information content (AvgIpc) is 2.82. The molecule has 1 fully saturated rings. The van der Waals surface area contributed by atoms with E-state index in [2.05, 4.69) is 5.32 Å². The summed E-state index contributed by atoms with van der Waals surface area (Å²) in [6.07, 6.45) is 0. The highest BCUT2D eigenvalue weighted by atomic mass is 32.2. The molecular formula is C24H30N2O6S. The molecule has 0 bridgehead atoms. The van der Waals surface area contributed by atoms with Crippen LogP contribution in [0.1, 0.15) is 41.4 Å². The van der Waals surface area contributed by atoms with Gasteiger partial charge in [-0.3, -0.25) is 4.79 Å². The maximum atomic E-state index is 13.3. The fourth-order valence-electron chi connectivity index (χ4n) is 4.05. The number of rotatable bonds is 6. The van der Waals surface area contributed by atoms with E-state index in [0.29, 0.717) is 62.1 Å². The van der Waals surface area contributed by atoms with Crippen LogP contribution in [0.25, 0.3) is 0 Å². The molecule has 0 spiro atoms. The lowest BCUT2D eigenvalue weighted by Gasteiger charge is -2.27. The Balaban J connectivity index is 1.59. The number of carbonyl (C=O) groups is 1. The van der Waals surface area contributed by atoms with Crippen LogP contribution < -0.4 is 14.8 Å². The standard InChI is InChI=1S/C24H30N2O6S/c1-16(2)23(18-5-7-21-22(14-18)32-13-12-31-21)25-24(27)20-15-19(6-4-17(20)3)33(28,29)26-8-10-30-11-9-26/h4-7,14-16,23H,8-13H2,1-3H3,(H,25,27). The molecule has 2 aromatic carbocycles. The van der Waals surface area contributed by atoms with Gasteiger partial charge >= 0.3 is 0 Å². The zero-order chi connectivity index (χ0) is 23.6. The van der Waals surface area contributed by atoms with Gasteiger partial charge in [0.2, 0.25) is 10.0 Å². The first-order valence-corrected chi connectivity index (χ1v) is 12.6. The molecule has 9 heteroatoms. The number of hydrogen-bond acceptors (Lipinski definition) is 6. The molecular weight excluding hydrogens is 444 g/mol. The number of carbonyl (C=O) groups excluding carboxylic acids is 1. The van der Waals surface area contributed by atoms with Crippen molar-refractivity contribution in [3.63, 3.8) is 0 Å². The van der Waals surface area contributed by atoms with E-state index in [4.69, 9.17) is 14.2 Å². The van der Waals surface area contributed by atoms with E-state index >= 15 is 0 Å². The number of hydrogen-bond donors (Lipinski definition) is 1. The first kappa shape index (κ1) is 23.5. The Morgan fingerprint density at radius 3 is 2.36 bits per heavy atom. The van der Waals surface area contributed by atoms with Crippen LogP contribution in [0, 0.1) is 12.8 Å². The number of fused-ring (bicyclic) bond motifs is 1. The molecule has 0 saturated carbocycles. The molecule has 0 aromatic heterocycles. The average molecular weight is 475 g/mol. The summed E-state index contributed by atoms with van der Waals surface area (Å²) >= 11 is 0. The lowest BCUT2D eigenvalue weighted by atomic mass is 9.95. The van der Waals surface area contributed by atoms with Crippen molar-refractivity contribution < 1.29 is 27.4 Å². The van der Waals surface area contributed by atoms with Gasteiger partial charge < -0.3 is 19.5 Å². The van der Waals surface area contributed by atoms with Gasteiger partial charge in [-0.15, -0.1) is 0 Å². The molecule has 1 unspecified atom stereocenters. The predicted octanol–water partition coefficient (Wildman–Crippen LogP) is 2.91. The first-order valence-electron chi connectivity index (χ1n) is 11.2. The van der Waals surface area contributed by atoms with E-state index in [1.165, 1.54) is 10.4 Å². The van der Waals surface area contributed by atoms with E-state index < -0.39 is 10.0 Å². The van der Waals surface area contributed by atoms with Crippen molar-refractivity contribution in [1.29, 1.82) is 0 Å². The van der Waals surface area contributed by atoms with Crippen molar-refractivity contribution in [2.24, 2.45) is 5.92 Å². The van der Waals surface area contributed by atoms with Crippen molar-refractivity contribution in [2.45, 2.75) is 31.7 Å². The Hall–Kier alpha value is -2.62. The SMILES string of the molecule is Cc1ccc(S(=O)(=O)N2CCOCC2)cc1C(=O)NC(c1ccc2c(c1)OCCO2)C(C)C. The summed E-state index contributed by atoms with van der Waals surface area (Å²) in [6.45, 7) is 8.18. The highest BCUT2D eigenvalue weighted by molar-refractivity contribution is 7.89. The van der Waals surface area contributed by atoms with Crippen molar-refractivity contribution in [3.8, 4) is 11.5 Å². The van der Waals surface area contributed by atoms with E-state index in [0.717, 1.165) is 5.56 Å². The van der Waals surface area contributed by atoms with E-state index in [-0.39, 0.29) is 22.8 Å². The monoisotopic (exact) mass is 474 g/mol. The van der Waals surface area contributed by atoms with E-state index in [9.17, 15) is 13.2 Å². The third-order valence-corrected chi connectivity index (χ3v) is 7.83. The highest BCUT2D eigenvalue weighted by Crippen LogP contribution is 2.34. The molecule has 178 valence electrons. The van der Waals surface area contributed by atoms with E-state index in [1.54, 1.807) is 19.1 Å². The second-order valence-corrected chi connectivity index (χ2v) is 10.5. The fourth-order valence-corrected chi connectivity index (χ4v) is 5.48. The number of amides is 1. The fraction of sp³-hybridized carbons (Fsp3) is 0.458. The minimum Gasteiger partial charge on any atom is -0.486 e. The van der Waals surface area contributed by atoms with Crippen molar-refractivity contribution in [3.05, 3.63) is 53.1 Å². The Bertz CT molecular complexity index is 1130. The van der Waals surface area contributed by atoms with Crippen LogP contribution in [0.4, 0.5) is 0 Å². The number of sulfonamides is 1. The number of ether oxygens (including phenoxy) is 3. The van der Waals surface area contributed by atoms with E-state index in [1.807, 2.05) is 32.0 Å². The highest BCUT2D eigenvalue weighted by Gasteiger charge is 2.28. The molecule has 1 saturated heterocycles. The van der Waals surface area contributed by atoms with Crippen LogP contribution >= 0.6 is 0 Å². The quantitative estimate of drug-likeness (QED) is 0.692. The number of benzene rings is 2. The molecule has 4 rings (SSSR count). The second-order valence-electron chi connectivity index (χ2n) is 8.59. The molecule has 1 N–H and O–H groups in total.